The molecule has 5 heteroatoms. The van der Waals surface area contributed by atoms with Gasteiger partial charge in [-0.25, -0.2) is 0 Å². The van der Waals surface area contributed by atoms with E-state index in [1.54, 1.807) is 0 Å². The largest absolute Gasteiger partial charge is 0.550 e. The first kappa shape index (κ1) is 9.98. The number of hydrogen-bond donors (Lipinski definition) is 1. The predicted octanol–water partition coefficient (Wildman–Crippen LogP) is -2.63. The van der Waals surface area contributed by atoms with Crippen LogP contribution >= 0.6 is 0 Å². The van der Waals surface area contributed by atoms with Gasteiger partial charge in [0.05, 0.1) is 11.5 Å². The second-order valence-electron chi connectivity index (χ2n) is 3.56. The summed E-state index contributed by atoms with van der Waals surface area (Å²) in [6.45, 7) is 0. The molecule has 0 amide bonds. The van der Waals surface area contributed by atoms with Crippen LogP contribution in [-0.4, -0.2) is 17.5 Å². The van der Waals surface area contributed by atoms with Crippen LogP contribution in [0.2, 0.25) is 0 Å². The zero-order valence-electron chi connectivity index (χ0n) is 7.12. The van der Waals surface area contributed by atoms with Crippen molar-refractivity contribution in [3.05, 3.63) is 0 Å². The molecule has 1 aliphatic carbocycles. The number of aliphatic carboxylic acids is 2. The normalized spacial score (nSPS) is 34.1. The van der Waals surface area contributed by atoms with Crippen molar-refractivity contribution in [2.75, 3.05) is 0 Å². The van der Waals surface area contributed by atoms with Crippen LogP contribution in [-0.2, 0) is 9.59 Å². The Morgan fingerprint density at radius 2 is 2.00 bits per heavy atom. The Labute approximate surface area is 75.5 Å². The number of carbonyl (C=O) groups is 2. The molecule has 1 saturated carbocycles. The Kier molecular flexibility index (Phi) is 2.56. The summed E-state index contributed by atoms with van der Waals surface area (Å²) in [6, 6.07) is 0. The van der Waals surface area contributed by atoms with Crippen LogP contribution < -0.4 is 15.9 Å². The van der Waals surface area contributed by atoms with Crippen LogP contribution in [0.5, 0.6) is 0 Å². The molecule has 0 radical (unpaired) electrons. The van der Waals surface area contributed by atoms with Crippen molar-refractivity contribution in [3.8, 4) is 0 Å². The molecule has 0 aromatic rings. The van der Waals surface area contributed by atoms with Gasteiger partial charge in [-0.3, -0.25) is 0 Å². The lowest BCUT2D eigenvalue weighted by Gasteiger charge is -2.38. The van der Waals surface area contributed by atoms with E-state index in [9.17, 15) is 19.8 Å². The molecule has 5 nitrogen and oxygen atoms in total. The molecular formula is C8H11NO4-2. The molecule has 2 N–H and O–H groups in total. The van der Waals surface area contributed by atoms with Gasteiger partial charge in [0.1, 0.15) is 0 Å². The third-order valence-electron chi connectivity index (χ3n) is 2.53. The van der Waals surface area contributed by atoms with Crippen molar-refractivity contribution in [1.82, 2.24) is 0 Å². The first-order chi connectivity index (χ1) is 5.96. The molecule has 0 saturated heterocycles. The van der Waals surface area contributed by atoms with E-state index in [2.05, 4.69) is 0 Å². The maximum atomic E-state index is 10.6. The van der Waals surface area contributed by atoms with E-state index < -0.39 is 23.4 Å². The average Bonchev–Trinajstić information content (AvgIpc) is 2.04. The molecule has 1 fully saturated rings. The van der Waals surface area contributed by atoms with Gasteiger partial charge < -0.3 is 25.5 Å². The molecule has 0 bridgehead atoms. The summed E-state index contributed by atoms with van der Waals surface area (Å²) in [5, 5.41) is 21.1. The highest BCUT2D eigenvalue weighted by atomic mass is 16.4. The van der Waals surface area contributed by atoms with E-state index >= 15 is 0 Å². The molecule has 0 aromatic carbocycles. The summed E-state index contributed by atoms with van der Waals surface area (Å²) in [7, 11) is 0. The summed E-state index contributed by atoms with van der Waals surface area (Å²) in [4.78, 5) is 21.1. The second-order valence-corrected chi connectivity index (χ2v) is 3.56. The molecule has 1 aliphatic rings. The summed E-state index contributed by atoms with van der Waals surface area (Å²) >= 11 is 0. The molecule has 74 valence electrons. The molecule has 0 aliphatic heterocycles. The zero-order valence-corrected chi connectivity index (χ0v) is 7.12. The molecule has 0 heterocycles. The van der Waals surface area contributed by atoms with Gasteiger partial charge in [-0.05, 0) is 19.3 Å². The Bertz CT molecular complexity index is 240. The fraction of sp³-hybridized carbons (Fsp3) is 0.750. The molecule has 0 spiro atoms. The second kappa shape index (κ2) is 3.33. The average molecular weight is 185 g/mol. The van der Waals surface area contributed by atoms with Crippen LogP contribution in [0, 0.1) is 5.92 Å². The minimum Gasteiger partial charge on any atom is -0.550 e. The topological polar surface area (TPSA) is 106 Å². The first-order valence-corrected chi connectivity index (χ1v) is 4.17. The highest BCUT2D eigenvalue weighted by molar-refractivity contribution is 5.78. The third kappa shape index (κ3) is 1.98. The van der Waals surface area contributed by atoms with Gasteiger partial charge in [0.2, 0.25) is 0 Å². The number of hydrogen-bond acceptors (Lipinski definition) is 5. The van der Waals surface area contributed by atoms with Gasteiger partial charge in [-0.15, -0.1) is 0 Å². The van der Waals surface area contributed by atoms with E-state index in [-0.39, 0.29) is 12.8 Å². The van der Waals surface area contributed by atoms with E-state index in [4.69, 9.17) is 5.73 Å². The van der Waals surface area contributed by atoms with E-state index in [0.717, 1.165) is 0 Å². The number of rotatable bonds is 2. The number of carboxylic acids is 2. The molecule has 2 atom stereocenters. The lowest BCUT2D eigenvalue weighted by atomic mass is 9.76. The zero-order chi connectivity index (χ0) is 10.1. The van der Waals surface area contributed by atoms with E-state index in [0.29, 0.717) is 12.8 Å². The maximum absolute atomic E-state index is 10.6. The highest BCUT2D eigenvalue weighted by Crippen LogP contribution is 2.29. The number of carboxylic acid groups (broad SMARTS) is 2. The predicted molar refractivity (Wildman–Crippen MR) is 38.9 cm³/mol. The van der Waals surface area contributed by atoms with Gasteiger partial charge in [-0.1, -0.05) is 6.42 Å². The van der Waals surface area contributed by atoms with Crippen LogP contribution in [0.25, 0.3) is 0 Å². The summed E-state index contributed by atoms with van der Waals surface area (Å²) in [5.41, 5.74) is 3.99. The fourth-order valence-corrected chi connectivity index (χ4v) is 1.69. The highest BCUT2D eigenvalue weighted by Gasteiger charge is 2.34. The van der Waals surface area contributed by atoms with Gasteiger partial charge in [0.15, 0.2) is 0 Å². The smallest absolute Gasteiger partial charge is 0.0613 e. The van der Waals surface area contributed by atoms with Gasteiger partial charge >= 0.3 is 0 Å². The molecule has 1 rings (SSSR count). The van der Waals surface area contributed by atoms with Crippen LogP contribution in [0.4, 0.5) is 0 Å². The van der Waals surface area contributed by atoms with Crippen molar-refractivity contribution in [2.45, 2.75) is 31.2 Å². The summed E-state index contributed by atoms with van der Waals surface area (Å²) in [6.07, 6.45) is 1.12. The standard InChI is InChI=1S/C8H13NO4/c9-8(7(12)13)3-1-2-5(4-8)6(10)11/h5H,1-4,9H2,(H,10,11)(H,12,13)/p-2/t5-,8-/m0/s1. The molecule has 0 unspecified atom stereocenters. The minimum atomic E-state index is -1.48. The quantitative estimate of drug-likeness (QED) is 0.506. The fourth-order valence-electron chi connectivity index (χ4n) is 1.69. The third-order valence-corrected chi connectivity index (χ3v) is 2.53. The van der Waals surface area contributed by atoms with Crippen molar-refractivity contribution in [2.24, 2.45) is 11.7 Å². The van der Waals surface area contributed by atoms with Crippen molar-refractivity contribution in [3.63, 3.8) is 0 Å². The first-order valence-electron chi connectivity index (χ1n) is 4.17. The van der Waals surface area contributed by atoms with E-state index in [1.807, 2.05) is 0 Å². The summed E-state index contributed by atoms with van der Waals surface area (Å²) in [5.74, 6) is -3.36. The molecule has 13 heavy (non-hydrogen) atoms. The van der Waals surface area contributed by atoms with Crippen LogP contribution in [0.1, 0.15) is 25.7 Å². The lowest BCUT2D eigenvalue weighted by molar-refractivity contribution is -0.319. The van der Waals surface area contributed by atoms with Crippen molar-refractivity contribution >= 4 is 11.9 Å². The Hall–Kier alpha value is -1.10. The monoisotopic (exact) mass is 185 g/mol. The van der Waals surface area contributed by atoms with Gasteiger partial charge in [0.25, 0.3) is 0 Å². The molecule has 0 aromatic heterocycles. The Balaban J connectivity index is 2.71. The molecular weight excluding hydrogens is 174 g/mol. The van der Waals surface area contributed by atoms with Gasteiger partial charge in [0, 0.05) is 11.9 Å². The Morgan fingerprint density at radius 1 is 1.38 bits per heavy atom. The van der Waals surface area contributed by atoms with Crippen LogP contribution in [0.3, 0.4) is 0 Å². The van der Waals surface area contributed by atoms with Crippen molar-refractivity contribution < 1.29 is 19.8 Å². The van der Waals surface area contributed by atoms with Crippen molar-refractivity contribution in [1.29, 1.82) is 0 Å². The SMILES string of the molecule is N[C@@]1(C(=O)[O-])CCC[C@H](C(=O)[O-])C1. The van der Waals surface area contributed by atoms with Crippen LogP contribution in [0.15, 0.2) is 0 Å². The Morgan fingerprint density at radius 3 is 2.46 bits per heavy atom. The lowest BCUT2D eigenvalue weighted by Crippen LogP contribution is -2.59. The number of carbonyl (C=O) groups excluding carboxylic acids is 2. The van der Waals surface area contributed by atoms with E-state index in [1.165, 1.54) is 0 Å². The van der Waals surface area contributed by atoms with Gasteiger partial charge in [-0.2, -0.15) is 0 Å². The summed E-state index contributed by atoms with van der Waals surface area (Å²) < 4.78 is 0. The number of nitrogens with two attached hydrogens (primary N) is 1. The minimum absolute atomic E-state index is 0.0856. The maximum Gasteiger partial charge on any atom is 0.0613 e.